The van der Waals surface area contributed by atoms with Gasteiger partial charge >= 0.3 is 0 Å². The molecule has 5 heteroatoms. The summed E-state index contributed by atoms with van der Waals surface area (Å²) in [5, 5.41) is 5.18. The fourth-order valence-corrected chi connectivity index (χ4v) is 3.70. The summed E-state index contributed by atoms with van der Waals surface area (Å²) < 4.78 is 5.78. The van der Waals surface area contributed by atoms with Crippen molar-refractivity contribution in [2.75, 3.05) is 25.0 Å². The third kappa shape index (κ3) is 5.55. The summed E-state index contributed by atoms with van der Waals surface area (Å²) in [6.45, 7) is 7.68. The first-order valence-electron chi connectivity index (χ1n) is 9.97. The molecule has 0 bridgehead atoms. The molecule has 4 N–H and O–H groups in total. The number of amides is 1. The van der Waals surface area contributed by atoms with Crippen LogP contribution >= 0.6 is 0 Å². The number of likely N-dealkylation sites (tertiary alicyclic amines) is 1. The molecule has 1 fully saturated rings. The molecular formula is C22H31N3O2+2. The molecule has 1 saturated heterocycles. The van der Waals surface area contributed by atoms with Gasteiger partial charge in [0.2, 0.25) is 0 Å². The maximum atomic E-state index is 12.5. The van der Waals surface area contributed by atoms with Gasteiger partial charge < -0.3 is 20.3 Å². The SMILES string of the molecule is CC[NH+]1CCC[C@H]1C[NH2+][C@@H](C)C(=O)Nc1ccc(Oc2ccccc2)cc1. The molecule has 1 unspecified atom stereocenters. The van der Waals surface area contributed by atoms with Crippen LogP contribution < -0.4 is 20.3 Å². The number of likely N-dealkylation sites (N-methyl/N-ethyl adjacent to an activating group) is 1. The van der Waals surface area contributed by atoms with Crippen LogP contribution in [-0.2, 0) is 4.79 Å². The van der Waals surface area contributed by atoms with Crippen molar-refractivity contribution in [2.24, 2.45) is 0 Å². The maximum Gasteiger partial charge on any atom is 0.282 e. The van der Waals surface area contributed by atoms with E-state index in [0.717, 1.165) is 23.7 Å². The van der Waals surface area contributed by atoms with Gasteiger partial charge in [0.15, 0.2) is 6.04 Å². The van der Waals surface area contributed by atoms with Crippen molar-refractivity contribution < 1.29 is 19.7 Å². The van der Waals surface area contributed by atoms with E-state index >= 15 is 0 Å². The minimum absolute atomic E-state index is 0.0442. The van der Waals surface area contributed by atoms with Crippen molar-refractivity contribution in [3.05, 3.63) is 54.6 Å². The molecular weight excluding hydrogens is 338 g/mol. The average Bonchev–Trinajstić information content (AvgIpc) is 3.16. The van der Waals surface area contributed by atoms with Gasteiger partial charge in [0, 0.05) is 18.5 Å². The number of carbonyl (C=O) groups is 1. The number of quaternary nitrogens is 2. The maximum absolute atomic E-state index is 12.5. The highest BCUT2D eigenvalue weighted by molar-refractivity contribution is 5.93. The lowest BCUT2D eigenvalue weighted by molar-refractivity contribution is -0.925. The Morgan fingerprint density at radius 2 is 1.89 bits per heavy atom. The van der Waals surface area contributed by atoms with Gasteiger partial charge in [-0.1, -0.05) is 18.2 Å². The first-order valence-corrected chi connectivity index (χ1v) is 9.97. The van der Waals surface area contributed by atoms with Gasteiger partial charge in [-0.05, 0) is 50.2 Å². The van der Waals surface area contributed by atoms with E-state index in [9.17, 15) is 4.79 Å². The van der Waals surface area contributed by atoms with Gasteiger partial charge in [-0.2, -0.15) is 0 Å². The zero-order valence-corrected chi connectivity index (χ0v) is 16.3. The quantitative estimate of drug-likeness (QED) is 0.659. The van der Waals surface area contributed by atoms with Gasteiger partial charge in [-0.25, -0.2) is 0 Å². The van der Waals surface area contributed by atoms with E-state index in [2.05, 4.69) is 17.6 Å². The van der Waals surface area contributed by atoms with Crippen molar-refractivity contribution in [2.45, 2.75) is 38.8 Å². The number of nitrogens with one attached hydrogen (secondary N) is 2. The van der Waals surface area contributed by atoms with Crippen LogP contribution in [0.25, 0.3) is 0 Å². The molecule has 0 saturated carbocycles. The number of benzene rings is 2. The molecule has 2 aromatic rings. The number of ether oxygens (including phenoxy) is 1. The van der Waals surface area contributed by atoms with Crippen LogP contribution in [0.4, 0.5) is 5.69 Å². The van der Waals surface area contributed by atoms with E-state index in [1.165, 1.54) is 25.9 Å². The Bertz CT molecular complexity index is 718. The summed E-state index contributed by atoms with van der Waals surface area (Å²) in [5.74, 6) is 1.60. The summed E-state index contributed by atoms with van der Waals surface area (Å²) in [6, 6.07) is 17.8. The van der Waals surface area contributed by atoms with E-state index in [4.69, 9.17) is 4.74 Å². The number of nitrogens with two attached hydrogens (primary N) is 1. The molecule has 1 aliphatic heterocycles. The molecule has 1 amide bonds. The van der Waals surface area contributed by atoms with Crippen molar-refractivity contribution in [1.82, 2.24) is 0 Å². The molecule has 3 rings (SSSR count). The van der Waals surface area contributed by atoms with E-state index < -0.39 is 0 Å². The van der Waals surface area contributed by atoms with E-state index in [1.54, 1.807) is 4.90 Å². The smallest absolute Gasteiger partial charge is 0.282 e. The number of carbonyl (C=O) groups excluding carboxylic acids is 1. The molecule has 27 heavy (non-hydrogen) atoms. The number of para-hydroxylation sites is 1. The van der Waals surface area contributed by atoms with Crippen molar-refractivity contribution in [3.63, 3.8) is 0 Å². The monoisotopic (exact) mass is 369 g/mol. The van der Waals surface area contributed by atoms with Crippen LogP contribution in [0.15, 0.2) is 54.6 Å². The molecule has 5 nitrogen and oxygen atoms in total. The predicted molar refractivity (Wildman–Crippen MR) is 107 cm³/mol. The van der Waals surface area contributed by atoms with Crippen LogP contribution in [-0.4, -0.2) is 37.6 Å². The third-order valence-electron chi connectivity index (χ3n) is 5.37. The third-order valence-corrected chi connectivity index (χ3v) is 5.37. The molecule has 0 aromatic heterocycles. The average molecular weight is 370 g/mol. The lowest BCUT2D eigenvalue weighted by Crippen LogP contribution is -3.16. The van der Waals surface area contributed by atoms with E-state index in [-0.39, 0.29) is 11.9 Å². The zero-order valence-electron chi connectivity index (χ0n) is 16.3. The molecule has 0 radical (unpaired) electrons. The van der Waals surface area contributed by atoms with Gasteiger partial charge in [0.05, 0.1) is 13.1 Å². The Kier molecular flexibility index (Phi) is 6.85. The minimum Gasteiger partial charge on any atom is -0.457 e. The second-order valence-corrected chi connectivity index (χ2v) is 7.29. The molecule has 1 aliphatic rings. The summed E-state index contributed by atoms with van der Waals surface area (Å²) in [4.78, 5) is 14.1. The Hall–Kier alpha value is -2.37. The Morgan fingerprint density at radius 1 is 1.19 bits per heavy atom. The summed E-state index contributed by atoms with van der Waals surface area (Å²) in [7, 11) is 0. The van der Waals surface area contributed by atoms with Gasteiger partial charge in [-0.15, -0.1) is 0 Å². The summed E-state index contributed by atoms with van der Waals surface area (Å²) in [5.41, 5.74) is 0.794. The summed E-state index contributed by atoms with van der Waals surface area (Å²) >= 11 is 0. The Morgan fingerprint density at radius 3 is 2.59 bits per heavy atom. The molecule has 0 spiro atoms. The standard InChI is InChI=1S/C22H29N3O2/c1-3-25-15-7-8-19(25)16-23-17(2)22(26)24-18-11-13-21(14-12-18)27-20-9-5-4-6-10-20/h4-6,9-14,17,19,23H,3,7-8,15-16H2,1-2H3,(H,24,26)/p+2/t17-,19-/m0/s1. The molecule has 1 heterocycles. The topological polar surface area (TPSA) is 59.4 Å². The number of hydrogen-bond acceptors (Lipinski definition) is 2. The minimum atomic E-state index is -0.0936. The molecule has 0 aliphatic carbocycles. The number of rotatable bonds is 8. The Labute approximate surface area is 161 Å². The van der Waals surface area contributed by atoms with Crippen molar-refractivity contribution >= 4 is 11.6 Å². The highest BCUT2D eigenvalue weighted by atomic mass is 16.5. The summed E-state index contributed by atoms with van der Waals surface area (Å²) in [6.07, 6.45) is 2.58. The largest absolute Gasteiger partial charge is 0.457 e. The second-order valence-electron chi connectivity index (χ2n) is 7.29. The van der Waals surface area contributed by atoms with Crippen LogP contribution in [0.3, 0.4) is 0 Å². The molecule has 3 atom stereocenters. The van der Waals surface area contributed by atoms with Crippen molar-refractivity contribution in [1.29, 1.82) is 0 Å². The highest BCUT2D eigenvalue weighted by Crippen LogP contribution is 2.22. The fraction of sp³-hybridized carbons (Fsp3) is 0.409. The molecule has 144 valence electrons. The van der Waals surface area contributed by atoms with Crippen LogP contribution in [0.1, 0.15) is 26.7 Å². The predicted octanol–water partition coefficient (Wildman–Crippen LogP) is 1.44. The van der Waals surface area contributed by atoms with E-state index in [1.807, 2.05) is 61.5 Å². The van der Waals surface area contributed by atoms with Gasteiger partial charge in [0.1, 0.15) is 24.1 Å². The van der Waals surface area contributed by atoms with E-state index in [0.29, 0.717) is 6.04 Å². The highest BCUT2D eigenvalue weighted by Gasteiger charge is 2.29. The lowest BCUT2D eigenvalue weighted by Gasteiger charge is -2.20. The van der Waals surface area contributed by atoms with Crippen LogP contribution in [0, 0.1) is 0 Å². The van der Waals surface area contributed by atoms with Crippen molar-refractivity contribution in [3.8, 4) is 11.5 Å². The zero-order chi connectivity index (χ0) is 19.1. The second kappa shape index (κ2) is 9.53. The normalized spacial score (nSPS) is 20.2. The van der Waals surface area contributed by atoms with Crippen LogP contribution in [0.5, 0.6) is 11.5 Å². The lowest BCUT2D eigenvalue weighted by atomic mass is 10.2. The first-order chi connectivity index (χ1) is 13.2. The van der Waals surface area contributed by atoms with Gasteiger partial charge in [0.25, 0.3) is 5.91 Å². The van der Waals surface area contributed by atoms with Crippen LogP contribution in [0.2, 0.25) is 0 Å². The molecule has 2 aromatic carbocycles. The Balaban J connectivity index is 1.47. The fourth-order valence-electron chi connectivity index (χ4n) is 3.70. The number of anilines is 1. The first kappa shape index (κ1) is 19.4. The van der Waals surface area contributed by atoms with Gasteiger partial charge in [-0.3, -0.25) is 4.79 Å². The number of hydrogen-bond donors (Lipinski definition) is 3.